The minimum absolute atomic E-state index is 0.00969. The summed E-state index contributed by atoms with van der Waals surface area (Å²) in [5, 5.41) is 14.7. The first-order chi connectivity index (χ1) is 14.6. The largest absolute Gasteiger partial charge is 0.480 e. The standard InChI is InChI=1S/C12H23N.C11H13NO4S/c1-3-7-11(8-4-1)13-12-9-5-2-6-10-12;13-10(14)9(7-17)12-11(15)16-6-8-4-2-1-3-5-8/h11-13H,1-10H2;1-5,9,17H,6-7H2,(H,12,15)(H,13,14). The molecule has 1 aromatic rings. The smallest absolute Gasteiger partial charge is 0.408 e. The molecule has 1 atom stereocenters. The Morgan fingerprint density at radius 3 is 1.97 bits per heavy atom. The predicted octanol–water partition coefficient (Wildman–Crippen LogP) is 4.54. The van der Waals surface area contributed by atoms with Gasteiger partial charge in [0.1, 0.15) is 12.6 Å². The Bertz CT molecular complexity index is 601. The van der Waals surface area contributed by atoms with Crippen molar-refractivity contribution in [3.63, 3.8) is 0 Å². The maximum atomic E-state index is 11.3. The number of carbonyl (C=O) groups is 2. The second kappa shape index (κ2) is 14.3. The van der Waals surface area contributed by atoms with E-state index in [0.717, 1.165) is 17.6 Å². The van der Waals surface area contributed by atoms with Crippen LogP contribution in [0.5, 0.6) is 0 Å². The Labute approximate surface area is 185 Å². The van der Waals surface area contributed by atoms with Gasteiger partial charge in [-0.25, -0.2) is 9.59 Å². The fourth-order valence-electron chi connectivity index (χ4n) is 3.96. The number of nitrogens with one attached hydrogen (secondary N) is 2. The molecule has 0 aliphatic heterocycles. The highest BCUT2D eigenvalue weighted by Crippen LogP contribution is 2.22. The van der Waals surface area contributed by atoms with Crippen molar-refractivity contribution in [1.29, 1.82) is 0 Å². The van der Waals surface area contributed by atoms with Crippen molar-refractivity contribution in [2.24, 2.45) is 0 Å². The molecule has 1 aromatic carbocycles. The first kappa shape index (κ1) is 24.5. The van der Waals surface area contributed by atoms with Crippen LogP contribution in [0.2, 0.25) is 0 Å². The van der Waals surface area contributed by atoms with Gasteiger partial charge in [0.15, 0.2) is 0 Å². The molecule has 3 rings (SSSR count). The molecule has 0 aromatic heterocycles. The molecular formula is C23H36N2O4S. The first-order valence-corrected chi connectivity index (χ1v) is 11.8. The molecule has 0 heterocycles. The van der Waals surface area contributed by atoms with Crippen LogP contribution in [-0.2, 0) is 16.1 Å². The third-order valence-corrected chi connectivity index (χ3v) is 6.03. The highest BCUT2D eigenvalue weighted by molar-refractivity contribution is 7.80. The number of hydrogen-bond acceptors (Lipinski definition) is 5. The van der Waals surface area contributed by atoms with E-state index < -0.39 is 18.1 Å². The number of thiol groups is 1. The second-order valence-corrected chi connectivity index (χ2v) is 8.48. The zero-order chi connectivity index (χ0) is 21.6. The molecule has 0 radical (unpaired) electrons. The third-order valence-electron chi connectivity index (χ3n) is 5.67. The molecule has 7 heteroatoms. The molecule has 30 heavy (non-hydrogen) atoms. The Balaban J connectivity index is 0.000000220. The number of aliphatic carboxylic acids is 1. The van der Waals surface area contributed by atoms with E-state index >= 15 is 0 Å². The van der Waals surface area contributed by atoms with Crippen molar-refractivity contribution in [2.75, 3.05) is 5.75 Å². The van der Waals surface area contributed by atoms with E-state index in [-0.39, 0.29) is 12.4 Å². The molecular weight excluding hydrogens is 400 g/mol. The summed E-state index contributed by atoms with van der Waals surface area (Å²) in [6.45, 7) is 0.103. The topological polar surface area (TPSA) is 87.7 Å². The molecule has 0 spiro atoms. The van der Waals surface area contributed by atoms with Crippen LogP contribution < -0.4 is 10.6 Å². The summed E-state index contributed by atoms with van der Waals surface area (Å²) in [6.07, 6.45) is 13.8. The molecule has 2 aliphatic rings. The monoisotopic (exact) mass is 436 g/mol. The summed E-state index contributed by atoms with van der Waals surface area (Å²) in [4.78, 5) is 21.9. The van der Waals surface area contributed by atoms with E-state index in [1.165, 1.54) is 64.2 Å². The zero-order valence-corrected chi connectivity index (χ0v) is 18.6. The van der Waals surface area contributed by atoms with E-state index in [2.05, 4.69) is 23.3 Å². The molecule has 3 N–H and O–H groups in total. The molecule has 1 amide bonds. The minimum Gasteiger partial charge on any atom is -0.480 e. The van der Waals surface area contributed by atoms with E-state index in [1.807, 2.05) is 18.2 Å². The van der Waals surface area contributed by atoms with Crippen molar-refractivity contribution in [1.82, 2.24) is 10.6 Å². The molecule has 2 saturated carbocycles. The van der Waals surface area contributed by atoms with E-state index in [0.29, 0.717) is 0 Å². The Hall–Kier alpha value is -1.73. The fraction of sp³-hybridized carbons (Fsp3) is 0.652. The number of rotatable bonds is 7. The minimum atomic E-state index is -1.14. The van der Waals surface area contributed by atoms with Crippen LogP contribution in [0.15, 0.2) is 30.3 Å². The lowest BCUT2D eigenvalue weighted by atomic mass is 9.91. The van der Waals surface area contributed by atoms with Crippen LogP contribution in [0, 0.1) is 0 Å². The molecule has 6 nitrogen and oxygen atoms in total. The molecule has 1 unspecified atom stereocenters. The maximum Gasteiger partial charge on any atom is 0.408 e. The predicted molar refractivity (Wildman–Crippen MR) is 122 cm³/mol. The first-order valence-electron chi connectivity index (χ1n) is 11.2. The van der Waals surface area contributed by atoms with Gasteiger partial charge in [-0.2, -0.15) is 12.6 Å². The zero-order valence-electron chi connectivity index (χ0n) is 17.7. The van der Waals surface area contributed by atoms with Gasteiger partial charge in [0.05, 0.1) is 0 Å². The number of alkyl carbamates (subject to hydrolysis) is 1. The van der Waals surface area contributed by atoms with Crippen LogP contribution in [0.3, 0.4) is 0 Å². The number of carboxylic acids is 1. The third kappa shape index (κ3) is 9.85. The molecule has 0 bridgehead atoms. The lowest BCUT2D eigenvalue weighted by Gasteiger charge is -2.30. The quantitative estimate of drug-likeness (QED) is 0.472. The number of carbonyl (C=O) groups excluding carboxylic acids is 1. The van der Waals surface area contributed by atoms with E-state index in [4.69, 9.17) is 9.84 Å². The van der Waals surface area contributed by atoms with Crippen LogP contribution >= 0.6 is 12.6 Å². The van der Waals surface area contributed by atoms with Gasteiger partial charge in [-0.15, -0.1) is 0 Å². The molecule has 2 fully saturated rings. The van der Waals surface area contributed by atoms with Gasteiger partial charge in [-0.1, -0.05) is 68.9 Å². The molecule has 2 aliphatic carbocycles. The maximum absolute atomic E-state index is 11.3. The van der Waals surface area contributed by atoms with Crippen molar-refractivity contribution in [3.8, 4) is 0 Å². The number of ether oxygens (including phenoxy) is 1. The summed E-state index contributed by atoms with van der Waals surface area (Å²) >= 11 is 3.82. The van der Waals surface area contributed by atoms with Crippen LogP contribution in [0.4, 0.5) is 4.79 Å². The summed E-state index contributed by atoms with van der Waals surface area (Å²) in [5.74, 6) is -1.13. The highest BCUT2D eigenvalue weighted by Gasteiger charge is 2.19. The van der Waals surface area contributed by atoms with Gasteiger partial charge < -0.3 is 20.5 Å². The average molecular weight is 437 g/mol. The van der Waals surface area contributed by atoms with Crippen LogP contribution in [-0.4, -0.2) is 41.0 Å². The van der Waals surface area contributed by atoms with Gasteiger partial charge in [-0.05, 0) is 31.2 Å². The number of hydrogen-bond donors (Lipinski definition) is 4. The van der Waals surface area contributed by atoms with Gasteiger partial charge in [0.2, 0.25) is 0 Å². The van der Waals surface area contributed by atoms with Gasteiger partial charge in [0, 0.05) is 17.8 Å². The molecule has 0 saturated heterocycles. The second-order valence-electron chi connectivity index (χ2n) is 8.12. The van der Waals surface area contributed by atoms with Crippen LogP contribution in [0.25, 0.3) is 0 Å². The van der Waals surface area contributed by atoms with Gasteiger partial charge >= 0.3 is 12.1 Å². The lowest BCUT2D eigenvalue weighted by Crippen LogP contribution is -2.42. The van der Waals surface area contributed by atoms with Crippen molar-refractivity contribution < 1.29 is 19.4 Å². The Kier molecular flexibility index (Phi) is 11.7. The molecule has 168 valence electrons. The fourth-order valence-corrected chi connectivity index (χ4v) is 4.21. The summed E-state index contributed by atoms with van der Waals surface area (Å²) in [7, 11) is 0. The van der Waals surface area contributed by atoms with Gasteiger partial charge in [0.25, 0.3) is 0 Å². The van der Waals surface area contributed by atoms with Crippen molar-refractivity contribution in [3.05, 3.63) is 35.9 Å². The summed E-state index contributed by atoms with van der Waals surface area (Å²) < 4.78 is 4.86. The average Bonchev–Trinajstić information content (AvgIpc) is 2.78. The number of amides is 1. The van der Waals surface area contributed by atoms with E-state index in [1.54, 1.807) is 12.1 Å². The Morgan fingerprint density at radius 1 is 0.967 bits per heavy atom. The number of benzene rings is 1. The number of carboxylic acid groups (broad SMARTS) is 1. The summed E-state index contributed by atoms with van der Waals surface area (Å²) in [5.41, 5.74) is 0.834. The lowest BCUT2D eigenvalue weighted by molar-refractivity contribution is -0.138. The SMILES string of the molecule is C1CCC(NC2CCCCC2)CC1.O=C(NC(CS)C(=O)O)OCc1ccccc1. The highest BCUT2D eigenvalue weighted by atomic mass is 32.1. The van der Waals surface area contributed by atoms with Gasteiger partial charge in [-0.3, -0.25) is 0 Å². The normalized spacial score (nSPS) is 18.6. The Morgan fingerprint density at radius 2 is 1.50 bits per heavy atom. The van der Waals surface area contributed by atoms with Crippen molar-refractivity contribution in [2.45, 2.75) is 88.9 Å². The van der Waals surface area contributed by atoms with E-state index in [9.17, 15) is 9.59 Å². The summed E-state index contributed by atoms with van der Waals surface area (Å²) in [6, 6.07) is 9.82. The van der Waals surface area contributed by atoms with Crippen LogP contribution in [0.1, 0.15) is 69.8 Å². The van der Waals surface area contributed by atoms with Crippen molar-refractivity contribution >= 4 is 24.7 Å².